The number of ether oxygens (including phenoxy) is 1. The summed E-state index contributed by atoms with van der Waals surface area (Å²) >= 11 is 0. The minimum Gasteiger partial charge on any atom is -0.459 e. The van der Waals surface area contributed by atoms with Crippen molar-refractivity contribution in [2.45, 2.75) is 46.1 Å². The fourth-order valence-corrected chi connectivity index (χ4v) is 1.75. The van der Waals surface area contributed by atoms with Crippen LogP contribution in [0, 0.1) is 11.7 Å². The molecule has 0 amide bonds. The molecule has 0 radical (unpaired) electrons. The monoisotopic (exact) mass is 252 g/mol. The molecule has 0 spiro atoms. The lowest BCUT2D eigenvalue weighted by molar-refractivity contribution is 0.0313. The molecule has 2 nitrogen and oxygen atoms in total. The van der Waals surface area contributed by atoms with E-state index in [4.69, 9.17) is 4.74 Å². The average molecular weight is 252 g/mol. The van der Waals surface area contributed by atoms with Gasteiger partial charge in [0.05, 0.1) is 11.7 Å². The average Bonchev–Trinajstić information content (AvgIpc) is 2.28. The zero-order valence-electron chi connectivity index (χ0n) is 11.3. The summed E-state index contributed by atoms with van der Waals surface area (Å²) < 4.78 is 18.6. The molecule has 0 heterocycles. The topological polar surface area (TPSA) is 26.3 Å². The van der Waals surface area contributed by atoms with Crippen molar-refractivity contribution in [2.75, 3.05) is 0 Å². The third-order valence-electron chi connectivity index (χ3n) is 2.79. The van der Waals surface area contributed by atoms with Crippen molar-refractivity contribution in [3.63, 3.8) is 0 Å². The first-order valence-electron chi connectivity index (χ1n) is 6.46. The maximum Gasteiger partial charge on any atom is 0.341 e. The highest BCUT2D eigenvalue weighted by Gasteiger charge is 2.15. The molecule has 0 N–H and O–H groups in total. The summed E-state index contributed by atoms with van der Waals surface area (Å²) in [5, 5.41) is 0. The van der Waals surface area contributed by atoms with E-state index in [1.54, 1.807) is 12.1 Å². The molecular formula is C15H21FO2. The maximum atomic E-state index is 13.3. The number of halogens is 1. The molecule has 0 aliphatic rings. The van der Waals surface area contributed by atoms with Crippen LogP contribution in [0.3, 0.4) is 0 Å². The molecule has 1 unspecified atom stereocenters. The summed E-state index contributed by atoms with van der Waals surface area (Å²) in [6.07, 6.45) is 2.78. The van der Waals surface area contributed by atoms with E-state index in [2.05, 4.69) is 13.8 Å². The Morgan fingerprint density at radius 2 is 1.89 bits per heavy atom. The van der Waals surface area contributed by atoms with Gasteiger partial charge in [-0.1, -0.05) is 32.4 Å². The van der Waals surface area contributed by atoms with Crippen LogP contribution in [0.5, 0.6) is 0 Å². The summed E-state index contributed by atoms with van der Waals surface area (Å²) in [5.41, 5.74) is 0.00760. The Morgan fingerprint density at radius 3 is 2.50 bits per heavy atom. The lowest BCUT2D eigenvalue weighted by atomic mass is 10.0. The summed E-state index contributed by atoms with van der Waals surface area (Å²) in [5.74, 6) is -0.457. The molecule has 0 aliphatic carbocycles. The fourth-order valence-electron chi connectivity index (χ4n) is 1.75. The van der Waals surface area contributed by atoms with E-state index in [1.807, 2.05) is 6.92 Å². The van der Waals surface area contributed by atoms with Gasteiger partial charge >= 0.3 is 5.97 Å². The summed E-state index contributed by atoms with van der Waals surface area (Å²) in [6, 6.07) is 5.89. The Bertz CT molecular complexity index is 388. The fraction of sp³-hybridized carbons (Fsp3) is 0.533. The molecule has 1 aromatic carbocycles. The normalized spacial score (nSPS) is 12.5. The molecule has 0 saturated carbocycles. The quantitative estimate of drug-likeness (QED) is 0.709. The third kappa shape index (κ3) is 4.86. The highest BCUT2D eigenvalue weighted by molar-refractivity contribution is 5.89. The van der Waals surface area contributed by atoms with Gasteiger partial charge in [-0.05, 0) is 37.8 Å². The molecule has 0 aromatic heterocycles. The van der Waals surface area contributed by atoms with Crippen LogP contribution in [0.2, 0.25) is 0 Å². The van der Waals surface area contributed by atoms with Crippen molar-refractivity contribution >= 4 is 5.97 Å². The van der Waals surface area contributed by atoms with E-state index >= 15 is 0 Å². The highest BCUT2D eigenvalue weighted by atomic mass is 19.1. The van der Waals surface area contributed by atoms with Crippen LogP contribution in [-0.2, 0) is 4.74 Å². The first-order valence-corrected chi connectivity index (χ1v) is 6.46. The van der Waals surface area contributed by atoms with Gasteiger partial charge in [-0.15, -0.1) is 0 Å². The van der Waals surface area contributed by atoms with Crippen molar-refractivity contribution in [3.8, 4) is 0 Å². The van der Waals surface area contributed by atoms with Crippen molar-refractivity contribution in [3.05, 3.63) is 35.6 Å². The van der Waals surface area contributed by atoms with Gasteiger partial charge < -0.3 is 4.74 Å². The molecular weight excluding hydrogens is 231 g/mol. The van der Waals surface area contributed by atoms with Gasteiger partial charge in [-0.25, -0.2) is 9.18 Å². The summed E-state index contributed by atoms with van der Waals surface area (Å²) in [6.45, 7) is 6.17. The zero-order chi connectivity index (χ0) is 13.5. The minimum absolute atomic E-state index is 0.00760. The third-order valence-corrected chi connectivity index (χ3v) is 2.79. The van der Waals surface area contributed by atoms with Crippen LogP contribution in [0.4, 0.5) is 4.39 Å². The van der Waals surface area contributed by atoms with Crippen LogP contribution in [0.1, 0.15) is 50.4 Å². The van der Waals surface area contributed by atoms with E-state index in [9.17, 15) is 9.18 Å². The van der Waals surface area contributed by atoms with E-state index in [0.29, 0.717) is 5.92 Å². The van der Waals surface area contributed by atoms with Gasteiger partial charge in [0.1, 0.15) is 5.82 Å². The maximum absolute atomic E-state index is 13.3. The Balaban J connectivity index is 2.43. The number of carbonyl (C=O) groups is 1. The number of rotatable bonds is 6. The first kappa shape index (κ1) is 14.7. The number of esters is 1. The van der Waals surface area contributed by atoms with Gasteiger partial charge in [0.2, 0.25) is 0 Å². The standard InChI is InChI=1S/C15H21FO2/c1-11(2)7-6-8-12(3)18-15(17)13-9-4-5-10-14(13)16/h4-5,9-12H,6-8H2,1-3H3. The second kappa shape index (κ2) is 7.14. The van der Waals surface area contributed by atoms with Gasteiger partial charge in [0.25, 0.3) is 0 Å². The number of hydrogen-bond donors (Lipinski definition) is 0. The number of hydrogen-bond acceptors (Lipinski definition) is 2. The molecule has 1 aromatic rings. The van der Waals surface area contributed by atoms with Crippen molar-refractivity contribution in [2.24, 2.45) is 5.92 Å². The lowest BCUT2D eigenvalue weighted by Crippen LogP contribution is -2.16. The second-order valence-corrected chi connectivity index (χ2v) is 5.02. The Hall–Kier alpha value is -1.38. The van der Waals surface area contributed by atoms with E-state index < -0.39 is 11.8 Å². The Labute approximate surface area is 108 Å². The SMILES string of the molecule is CC(C)CCCC(C)OC(=O)c1ccccc1F. The minimum atomic E-state index is -0.579. The van der Waals surface area contributed by atoms with E-state index in [-0.39, 0.29) is 11.7 Å². The van der Waals surface area contributed by atoms with Crippen molar-refractivity contribution < 1.29 is 13.9 Å². The van der Waals surface area contributed by atoms with Crippen LogP contribution in [0.25, 0.3) is 0 Å². The van der Waals surface area contributed by atoms with Crippen LogP contribution in [0.15, 0.2) is 24.3 Å². The number of carbonyl (C=O) groups excluding carboxylic acids is 1. The van der Waals surface area contributed by atoms with Crippen molar-refractivity contribution in [1.82, 2.24) is 0 Å². The predicted molar refractivity (Wildman–Crippen MR) is 70.0 cm³/mol. The van der Waals surface area contributed by atoms with E-state index in [1.165, 1.54) is 12.1 Å². The summed E-state index contributed by atoms with van der Waals surface area (Å²) in [4.78, 5) is 11.7. The van der Waals surface area contributed by atoms with Gasteiger partial charge in [0.15, 0.2) is 0 Å². The first-order chi connectivity index (χ1) is 8.50. The molecule has 0 saturated heterocycles. The second-order valence-electron chi connectivity index (χ2n) is 5.02. The van der Waals surface area contributed by atoms with Gasteiger partial charge in [0, 0.05) is 0 Å². The van der Waals surface area contributed by atoms with Crippen LogP contribution >= 0.6 is 0 Å². The summed E-state index contributed by atoms with van der Waals surface area (Å²) in [7, 11) is 0. The lowest BCUT2D eigenvalue weighted by Gasteiger charge is -2.14. The van der Waals surface area contributed by atoms with Crippen LogP contribution < -0.4 is 0 Å². The molecule has 0 fully saturated rings. The predicted octanol–water partition coefficient (Wildman–Crippen LogP) is 4.20. The smallest absolute Gasteiger partial charge is 0.341 e. The molecule has 1 atom stereocenters. The van der Waals surface area contributed by atoms with Gasteiger partial charge in [-0.2, -0.15) is 0 Å². The zero-order valence-corrected chi connectivity index (χ0v) is 11.3. The van der Waals surface area contributed by atoms with Crippen LogP contribution in [-0.4, -0.2) is 12.1 Å². The van der Waals surface area contributed by atoms with Crippen molar-refractivity contribution in [1.29, 1.82) is 0 Å². The molecule has 1 rings (SSSR count). The Kier molecular flexibility index (Phi) is 5.83. The highest BCUT2D eigenvalue weighted by Crippen LogP contribution is 2.13. The van der Waals surface area contributed by atoms with E-state index in [0.717, 1.165) is 19.3 Å². The molecule has 100 valence electrons. The largest absolute Gasteiger partial charge is 0.459 e. The number of benzene rings is 1. The molecule has 3 heteroatoms. The van der Waals surface area contributed by atoms with Gasteiger partial charge in [-0.3, -0.25) is 0 Å². The molecule has 0 aliphatic heterocycles. The molecule has 0 bridgehead atoms. The molecule has 18 heavy (non-hydrogen) atoms. The Morgan fingerprint density at radius 1 is 1.22 bits per heavy atom.